The maximum Gasteiger partial charge on any atom is 0.242 e. The largest absolute Gasteiger partial charge is 0.347 e. The molecule has 21 heavy (non-hydrogen) atoms. The molecule has 0 bridgehead atoms. The normalized spacial score (nSPS) is 20.3. The molecular weight excluding hydrogens is 294 g/mol. The van der Waals surface area contributed by atoms with Gasteiger partial charge in [-0.1, -0.05) is 0 Å². The second-order valence-electron chi connectivity index (χ2n) is 5.84. The average Bonchev–Trinajstić information content (AvgIpc) is 3.26. The zero-order valence-electron chi connectivity index (χ0n) is 12.4. The maximum absolute atomic E-state index is 12.0. The Morgan fingerprint density at radius 1 is 1.14 bits per heavy atom. The highest BCUT2D eigenvalue weighted by Crippen LogP contribution is 2.28. The Morgan fingerprint density at radius 2 is 1.76 bits per heavy atom. The smallest absolute Gasteiger partial charge is 0.242 e. The molecular formula is C13H23N3O4S. The summed E-state index contributed by atoms with van der Waals surface area (Å²) in [6.07, 6.45) is 3.09. The van der Waals surface area contributed by atoms with Crippen LogP contribution in [0.1, 0.15) is 12.8 Å². The SMILES string of the molecule is CS(=O)(=O)CCN1CCN(C(=O)CNC(=O)C2CC2)CC1. The second-order valence-corrected chi connectivity index (χ2v) is 8.10. The first-order chi connectivity index (χ1) is 9.85. The van der Waals surface area contributed by atoms with E-state index in [0.717, 1.165) is 12.8 Å². The molecule has 1 aliphatic heterocycles. The van der Waals surface area contributed by atoms with Crippen molar-refractivity contribution in [3.8, 4) is 0 Å². The van der Waals surface area contributed by atoms with Gasteiger partial charge < -0.3 is 10.2 Å². The molecule has 2 fully saturated rings. The number of hydrogen-bond donors (Lipinski definition) is 1. The summed E-state index contributed by atoms with van der Waals surface area (Å²) >= 11 is 0. The lowest BCUT2D eigenvalue weighted by molar-refractivity contribution is -0.134. The number of hydrogen-bond acceptors (Lipinski definition) is 5. The molecule has 7 nitrogen and oxygen atoms in total. The number of sulfone groups is 1. The topological polar surface area (TPSA) is 86.8 Å². The fraction of sp³-hybridized carbons (Fsp3) is 0.846. The molecule has 0 radical (unpaired) electrons. The van der Waals surface area contributed by atoms with Crippen LogP contribution in [0.5, 0.6) is 0 Å². The van der Waals surface area contributed by atoms with Crippen LogP contribution in [0.3, 0.4) is 0 Å². The van der Waals surface area contributed by atoms with Crippen LogP contribution in [0.25, 0.3) is 0 Å². The average molecular weight is 317 g/mol. The molecule has 2 amide bonds. The molecule has 120 valence electrons. The van der Waals surface area contributed by atoms with Crippen LogP contribution >= 0.6 is 0 Å². The van der Waals surface area contributed by atoms with Gasteiger partial charge in [-0.05, 0) is 12.8 Å². The number of rotatable bonds is 6. The van der Waals surface area contributed by atoms with Crippen molar-refractivity contribution in [2.45, 2.75) is 12.8 Å². The van der Waals surface area contributed by atoms with Crippen LogP contribution < -0.4 is 5.32 Å². The van der Waals surface area contributed by atoms with E-state index in [1.165, 1.54) is 6.26 Å². The van der Waals surface area contributed by atoms with E-state index in [9.17, 15) is 18.0 Å². The molecule has 1 saturated heterocycles. The maximum atomic E-state index is 12.0. The summed E-state index contributed by atoms with van der Waals surface area (Å²) in [5, 5.41) is 2.67. The lowest BCUT2D eigenvalue weighted by Gasteiger charge is -2.34. The van der Waals surface area contributed by atoms with Crippen molar-refractivity contribution in [1.29, 1.82) is 0 Å². The summed E-state index contributed by atoms with van der Waals surface area (Å²) in [7, 11) is -2.94. The number of amides is 2. The van der Waals surface area contributed by atoms with Gasteiger partial charge in [0, 0.05) is 44.9 Å². The standard InChI is InChI=1S/C13H23N3O4S/c1-21(19,20)9-8-15-4-6-16(7-5-15)12(17)10-14-13(18)11-2-3-11/h11H,2-10H2,1H3,(H,14,18). The fourth-order valence-electron chi connectivity index (χ4n) is 2.28. The van der Waals surface area contributed by atoms with Gasteiger partial charge in [0.25, 0.3) is 0 Å². The minimum atomic E-state index is -2.94. The Bertz CT molecular complexity index is 494. The second kappa shape index (κ2) is 6.74. The van der Waals surface area contributed by atoms with Crippen molar-refractivity contribution >= 4 is 21.7 Å². The summed E-state index contributed by atoms with van der Waals surface area (Å²) in [6, 6.07) is 0. The monoisotopic (exact) mass is 317 g/mol. The summed E-state index contributed by atoms with van der Waals surface area (Å²) in [5.74, 6) is 0.186. The van der Waals surface area contributed by atoms with E-state index in [2.05, 4.69) is 5.32 Å². The Morgan fingerprint density at radius 3 is 2.29 bits per heavy atom. The fourth-order valence-corrected chi connectivity index (χ4v) is 2.87. The lowest BCUT2D eigenvalue weighted by atomic mass is 10.3. The molecule has 0 aromatic heterocycles. The van der Waals surface area contributed by atoms with Gasteiger partial charge in [-0.25, -0.2) is 8.42 Å². The zero-order chi connectivity index (χ0) is 15.5. The van der Waals surface area contributed by atoms with E-state index >= 15 is 0 Å². The number of nitrogens with one attached hydrogen (secondary N) is 1. The number of nitrogens with zero attached hydrogens (tertiary/aromatic N) is 2. The third-order valence-electron chi connectivity index (χ3n) is 3.87. The van der Waals surface area contributed by atoms with E-state index in [1.807, 2.05) is 4.90 Å². The van der Waals surface area contributed by atoms with Gasteiger partial charge in [0.05, 0.1) is 12.3 Å². The van der Waals surface area contributed by atoms with E-state index in [1.54, 1.807) is 4.90 Å². The molecule has 8 heteroatoms. The van der Waals surface area contributed by atoms with Gasteiger partial charge in [0.1, 0.15) is 9.84 Å². The van der Waals surface area contributed by atoms with Crippen LogP contribution in [0, 0.1) is 5.92 Å². The van der Waals surface area contributed by atoms with Crippen molar-refractivity contribution in [2.75, 3.05) is 51.3 Å². The first kappa shape index (κ1) is 16.2. The predicted molar refractivity (Wildman–Crippen MR) is 78.5 cm³/mol. The van der Waals surface area contributed by atoms with E-state index in [-0.39, 0.29) is 30.0 Å². The molecule has 0 unspecified atom stereocenters. The van der Waals surface area contributed by atoms with Gasteiger partial charge >= 0.3 is 0 Å². The number of carbonyl (C=O) groups excluding carboxylic acids is 2. The molecule has 1 saturated carbocycles. The number of piperazine rings is 1. The van der Waals surface area contributed by atoms with Crippen molar-refractivity contribution in [1.82, 2.24) is 15.1 Å². The summed E-state index contributed by atoms with van der Waals surface area (Å²) in [6.45, 7) is 3.11. The Kier molecular flexibility index (Phi) is 5.21. The van der Waals surface area contributed by atoms with Gasteiger partial charge in [-0.2, -0.15) is 0 Å². The molecule has 0 atom stereocenters. The molecule has 0 aromatic carbocycles. The Balaban J connectivity index is 1.65. The molecule has 1 heterocycles. The summed E-state index contributed by atoms with van der Waals surface area (Å²) < 4.78 is 22.2. The highest BCUT2D eigenvalue weighted by Gasteiger charge is 2.30. The van der Waals surface area contributed by atoms with Crippen molar-refractivity contribution in [3.63, 3.8) is 0 Å². The predicted octanol–water partition coefficient (Wildman–Crippen LogP) is -1.30. The highest BCUT2D eigenvalue weighted by atomic mass is 32.2. The number of carbonyl (C=O) groups is 2. The summed E-state index contributed by atoms with van der Waals surface area (Å²) in [5.41, 5.74) is 0. The lowest BCUT2D eigenvalue weighted by Crippen LogP contribution is -2.51. The molecule has 1 N–H and O–H groups in total. The van der Waals surface area contributed by atoms with Gasteiger partial charge in [-0.15, -0.1) is 0 Å². The van der Waals surface area contributed by atoms with Crippen LogP contribution in [0.4, 0.5) is 0 Å². The van der Waals surface area contributed by atoms with E-state index < -0.39 is 9.84 Å². The van der Waals surface area contributed by atoms with E-state index in [4.69, 9.17) is 0 Å². The van der Waals surface area contributed by atoms with Crippen LogP contribution in [-0.2, 0) is 19.4 Å². The van der Waals surface area contributed by atoms with Crippen molar-refractivity contribution < 1.29 is 18.0 Å². The van der Waals surface area contributed by atoms with Crippen LogP contribution in [-0.4, -0.2) is 81.3 Å². The third-order valence-corrected chi connectivity index (χ3v) is 4.79. The molecule has 0 aromatic rings. The minimum Gasteiger partial charge on any atom is -0.347 e. The third kappa shape index (κ3) is 5.62. The van der Waals surface area contributed by atoms with Gasteiger partial charge in [-0.3, -0.25) is 14.5 Å². The quantitative estimate of drug-likeness (QED) is 0.658. The Labute approximate surface area is 125 Å². The molecule has 2 aliphatic rings. The first-order valence-corrected chi connectivity index (χ1v) is 9.37. The van der Waals surface area contributed by atoms with Crippen LogP contribution in [0.15, 0.2) is 0 Å². The Hall–Kier alpha value is -1.15. The minimum absolute atomic E-state index is 0.0184. The first-order valence-electron chi connectivity index (χ1n) is 7.31. The highest BCUT2D eigenvalue weighted by molar-refractivity contribution is 7.90. The van der Waals surface area contributed by atoms with Gasteiger partial charge in [0.2, 0.25) is 11.8 Å². The molecule has 0 spiro atoms. The van der Waals surface area contributed by atoms with Crippen molar-refractivity contribution in [3.05, 3.63) is 0 Å². The molecule has 2 rings (SSSR count). The molecule has 1 aliphatic carbocycles. The van der Waals surface area contributed by atoms with Crippen molar-refractivity contribution in [2.24, 2.45) is 5.92 Å². The zero-order valence-corrected chi connectivity index (χ0v) is 13.2. The van der Waals surface area contributed by atoms with Gasteiger partial charge in [0.15, 0.2) is 0 Å². The van der Waals surface area contributed by atoms with E-state index in [0.29, 0.717) is 32.7 Å². The summed E-state index contributed by atoms with van der Waals surface area (Å²) in [4.78, 5) is 27.2. The van der Waals surface area contributed by atoms with Crippen LogP contribution in [0.2, 0.25) is 0 Å².